The zero-order valence-electron chi connectivity index (χ0n) is 10.3. The first-order valence-electron chi connectivity index (χ1n) is 6.11. The highest BCUT2D eigenvalue weighted by atomic mass is 16.5. The van der Waals surface area contributed by atoms with Gasteiger partial charge in [-0.25, -0.2) is 5.43 Å². The second-order valence-electron chi connectivity index (χ2n) is 4.41. The van der Waals surface area contributed by atoms with Crippen molar-refractivity contribution in [3.8, 4) is 5.75 Å². The van der Waals surface area contributed by atoms with E-state index in [1.165, 1.54) is 0 Å². The third kappa shape index (κ3) is 2.60. The van der Waals surface area contributed by atoms with Crippen molar-refractivity contribution in [2.75, 3.05) is 13.2 Å². The molecule has 94 valence electrons. The number of nitrogens with one attached hydrogen (secondary N) is 2. The number of ether oxygens (including phenoxy) is 1. The molecule has 0 aromatic heterocycles. The van der Waals surface area contributed by atoms with E-state index in [0.717, 1.165) is 11.3 Å². The predicted molar refractivity (Wildman–Crippen MR) is 66.7 cm³/mol. The first kappa shape index (κ1) is 12.4. The first-order valence-corrected chi connectivity index (χ1v) is 6.11. The van der Waals surface area contributed by atoms with E-state index in [-0.39, 0.29) is 24.6 Å². The molecule has 3 unspecified atom stereocenters. The van der Waals surface area contributed by atoms with E-state index >= 15 is 0 Å². The van der Waals surface area contributed by atoms with Crippen molar-refractivity contribution >= 4 is 0 Å². The summed E-state index contributed by atoms with van der Waals surface area (Å²) in [6, 6.07) is 8.43. The number of aliphatic hydroxyl groups excluding tert-OH is 1. The molecule has 3 atom stereocenters. The van der Waals surface area contributed by atoms with Crippen LogP contribution in [0.2, 0.25) is 0 Å². The molecule has 0 spiro atoms. The van der Waals surface area contributed by atoms with Crippen molar-refractivity contribution < 1.29 is 9.84 Å². The number of hydrogen-bond donors (Lipinski definition) is 3. The van der Waals surface area contributed by atoms with E-state index in [1.807, 2.05) is 25.1 Å². The molecule has 1 aliphatic heterocycles. The standard InChI is InChI=1S/C13H20N2O2/c1-3-17-11-6-4-5-10(7-11)13-12(8-16)9(2)14-15-13/h4-7,9,12-16H,3,8H2,1-2H3. The molecule has 0 radical (unpaired) electrons. The van der Waals surface area contributed by atoms with Gasteiger partial charge in [-0.3, -0.25) is 5.43 Å². The van der Waals surface area contributed by atoms with Gasteiger partial charge < -0.3 is 9.84 Å². The van der Waals surface area contributed by atoms with Crippen LogP contribution in [-0.4, -0.2) is 24.4 Å². The molecule has 3 N–H and O–H groups in total. The summed E-state index contributed by atoms with van der Waals surface area (Å²) in [4.78, 5) is 0. The average molecular weight is 236 g/mol. The Hall–Kier alpha value is -1.10. The molecule has 0 saturated carbocycles. The van der Waals surface area contributed by atoms with E-state index in [0.29, 0.717) is 6.61 Å². The average Bonchev–Trinajstić information content (AvgIpc) is 2.71. The smallest absolute Gasteiger partial charge is 0.119 e. The summed E-state index contributed by atoms with van der Waals surface area (Å²) in [5.41, 5.74) is 7.54. The van der Waals surface area contributed by atoms with Gasteiger partial charge in [-0.15, -0.1) is 0 Å². The molecule has 1 aromatic carbocycles. The Kier molecular flexibility index (Phi) is 3.99. The molecule has 17 heavy (non-hydrogen) atoms. The number of hydrazine groups is 1. The molecule has 0 aliphatic carbocycles. The number of hydrogen-bond acceptors (Lipinski definition) is 4. The van der Waals surface area contributed by atoms with Crippen LogP contribution in [0, 0.1) is 5.92 Å². The maximum absolute atomic E-state index is 9.43. The van der Waals surface area contributed by atoms with Gasteiger partial charge in [0.15, 0.2) is 0 Å². The van der Waals surface area contributed by atoms with Gasteiger partial charge in [0.2, 0.25) is 0 Å². The molecule has 0 amide bonds. The lowest BCUT2D eigenvalue weighted by atomic mass is 9.91. The highest BCUT2D eigenvalue weighted by Crippen LogP contribution is 2.30. The van der Waals surface area contributed by atoms with Crippen molar-refractivity contribution in [1.82, 2.24) is 10.9 Å². The highest BCUT2D eigenvalue weighted by Gasteiger charge is 2.33. The first-order chi connectivity index (χ1) is 8.26. The SMILES string of the molecule is CCOc1cccc(C2NNC(C)C2CO)c1. The molecule has 1 fully saturated rings. The van der Waals surface area contributed by atoms with E-state index in [2.05, 4.69) is 23.8 Å². The summed E-state index contributed by atoms with van der Waals surface area (Å²) in [6.07, 6.45) is 0. The van der Waals surface area contributed by atoms with Crippen LogP contribution in [-0.2, 0) is 0 Å². The van der Waals surface area contributed by atoms with Gasteiger partial charge >= 0.3 is 0 Å². The largest absolute Gasteiger partial charge is 0.494 e. The third-order valence-electron chi connectivity index (χ3n) is 3.28. The molecular formula is C13H20N2O2. The molecule has 1 aromatic rings. The summed E-state index contributed by atoms with van der Waals surface area (Å²) < 4.78 is 5.49. The highest BCUT2D eigenvalue weighted by molar-refractivity contribution is 5.31. The fourth-order valence-electron chi connectivity index (χ4n) is 2.28. The van der Waals surface area contributed by atoms with E-state index < -0.39 is 0 Å². The summed E-state index contributed by atoms with van der Waals surface area (Å²) in [7, 11) is 0. The lowest BCUT2D eigenvalue weighted by Gasteiger charge is -2.19. The van der Waals surface area contributed by atoms with Crippen molar-refractivity contribution in [1.29, 1.82) is 0 Å². The van der Waals surface area contributed by atoms with Gasteiger partial charge in [-0.1, -0.05) is 12.1 Å². The predicted octanol–water partition coefficient (Wildman–Crippen LogP) is 1.23. The van der Waals surface area contributed by atoms with Crippen LogP contribution >= 0.6 is 0 Å². The molecule has 1 aliphatic rings. The van der Waals surface area contributed by atoms with Crippen molar-refractivity contribution in [2.24, 2.45) is 5.92 Å². The normalized spacial score (nSPS) is 28.3. The minimum absolute atomic E-state index is 0.135. The Morgan fingerprint density at radius 1 is 1.35 bits per heavy atom. The van der Waals surface area contributed by atoms with Crippen LogP contribution in [0.3, 0.4) is 0 Å². The van der Waals surface area contributed by atoms with Gasteiger partial charge in [-0.2, -0.15) is 0 Å². The topological polar surface area (TPSA) is 53.5 Å². The van der Waals surface area contributed by atoms with Gasteiger partial charge in [-0.05, 0) is 31.5 Å². The molecule has 2 rings (SSSR count). The van der Waals surface area contributed by atoms with Crippen molar-refractivity contribution in [3.63, 3.8) is 0 Å². The van der Waals surface area contributed by atoms with Crippen LogP contribution in [0.1, 0.15) is 25.5 Å². The summed E-state index contributed by atoms with van der Waals surface area (Å²) in [6.45, 7) is 4.88. The lowest BCUT2D eigenvalue weighted by Crippen LogP contribution is -2.29. The lowest BCUT2D eigenvalue weighted by molar-refractivity contribution is 0.204. The van der Waals surface area contributed by atoms with Crippen LogP contribution in [0.5, 0.6) is 5.75 Å². The monoisotopic (exact) mass is 236 g/mol. The quantitative estimate of drug-likeness (QED) is 0.736. The van der Waals surface area contributed by atoms with Crippen LogP contribution < -0.4 is 15.6 Å². The third-order valence-corrected chi connectivity index (χ3v) is 3.28. The van der Waals surface area contributed by atoms with Crippen molar-refractivity contribution in [2.45, 2.75) is 25.9 Å². The Labute approximate surface area is 102 Å². The molecule has 1 heterocycles. The Morgan fingerprint density at radius 2 is 2.18 bits per heavy atom. The maximum Gasteiger partial charge on any atom is 0.119 e. The van der Waals surface area contributed by atoms with E-state index in [9.17, 15) is 5.11 Å². The van der Waals surface area contributed by atoms with Gasteiger partial charge in [0.1, 0.15) is 5.75 Å². The van der Waals surface area contributed by atoms with Crippen LogP contribution in [0.15, 0.2) is 24.3 Å². The fourth-order valence-corrected chi connectivity index (χ4v) is 2.28. The number of aliphatic hydroxyl groups is 1. The molecule has 4 heteroatoms. The molecule has 1 saturated heterocycles. The van der Waals surface area contributed by atoms with Crippen LogP contribution in [0.25, 0.3) is 0 Å². The van der Waals surface area contributed by atoms with E-state index in [1.54, 1.807) is 0 Å². The van der Waals surface area contributed by atoms with Gasteiger partial charge in [0.25, 0.3) is 0 Å². The van der Waals surface area contributed by atoms with Crippen molar-refractivity contribution in [3.05, 3.63) is 29.8 Å². The molecule has 4 nitrogen and oxygen atoms in total. The minimum Gasteiger partial charge on any atom is -0.494 e. The van der Waals surface area contributed by atoms with Gasteiger partial charge in [0, 0.05) is 18.6 Å². The van der Waals surface area contributed by atoms with Crippen LogP contribution in [0.4, 0.5) is 0 Å². The second-order valence-corrected chi connectivity index (χ2v) is 4.41. The molecular weight excluding hydrogens is 216 g/mol. The Morgan fingerprint density at radius 3 is 2.88 bits per heavy atom. The zero-order chi connectivity index (χ0) is 12.3. The van der Waals surface area contributed by atoms with Gasteiger partial charge in [0.05, 0.1) is 12.6 Å². The Bertz CT molecular complexity index is 370. The zero-order valence-corrected chi connectivity index (χ0v) is 10.3. The summed E-state index contributed by atoms with van der Waals surface area (Å²) in [5.74, 6) is 1.06. The summed E-state index contributed by atoms with van der Waals surface area (Å²) in [5, 5.41) is 9.43. The second kappa shape index (κ2) is 5.49. The summed E-state index contributed by atoms with van der Waals surface area (Å²) >= 11 is 0. The number of benzene rings is 1. The number of rotatable bonds is 4. The van der Waals surface area contributed by atoms with E-state index in [4.69, 9.17) is 4.74 Å². The minimum atomic E-state index is 0.135. The maximum atomic E-state index is 9.43. The molecule has 0 bridgehead atoms. The Balaban J connectivity index is 2.18. The fraction of sp³-hybridized carbons (Fsp3) is 0.538.